The molecule has 25 heavy (non-hydrogen) atoms. The first-order valence-electron chi connectivity index (χ1n) is 7.88. The molecule has 7 heteroatoms. The summed E-state index contributed by atoms with van der Waals surface area (Å²) in [5, 5.41) is 10.2. The molecule has 0 N–H and O–H groups in total. The van der Waals surface area contributed by atoms with E-state index in [0.29, 0.717) is 22.2 Å². The van der Waals surface area contributed by atoms with E-state index in [0.717, 1.165) is 24.2 Å². The number of carbonyl (C=O) groups excluding carboxylic acids is 1. The highest BCUT2D eigenvalue weighted by Crippen LogP contribution is 2.50. The van der Waals surface area contributed by atoms with Crippen LogP contribution in [0.25, 0.3) is 0 Å². The second kappa shape index (κ2) is 6.73. The molecule has 1 aromatic heterocycles. The topological polar surface area (TPSA) is 75.4 Å². The van der Waals surface area contributed by atoms with Crippen LogP contribution in [0, 0.1) is 11.3 Å². The Morgan fingerprint density at radius 2 is 2.04 bits per heavy atom. The van der Waals surface area contributed by atoms with E-state index in [-0.39, 0.29) is 0 Å². The molecule has 6 nitrogen and oxygen atoms in total. The Bertz CT molecular complexity index is 819. The first-order chi connectivity index (χ1) is 12.0. The maximum absolute atomic E-state index is 12.1. The maximum Gasteiger partial charge on any atom is 0.350 e. The third kappa shape index (κ3) is 3.30. The van der Waals surface area contributed by atoms with Gasteiger partial charge in [0.25, 0.3) is 0 Å². The molecule has 1 aliphatic rings. The van der Waals surface area contributed by atoms with Crippen molar-refractivity contribution in [2.24, 2.45) is 0 Å². The number of esters is 1. The van der Waals surface area contributed by atoms with Gasteiger partial charge in [0, 0.05) is 13.6 Å². The van der Waals surface area contributed by atoms with Crippen molar-refractivity contribution < 1.29 is 14.3 Å². The molecule has 0 atom stereocenters. The van der Waals surface area contributed by atoms with E-state index in [1.54, 1.807) is 7.11 Å². The zero-order chi connectivity index (χ0) is 18.0. The maximum atomic E-state index is 12.1. The van der Waals surface area contributed by atoms with Crippen LogP contribution in [0.3, 0.4) is 0 Å². The van der Waals surface area contributed by atoms with Gasteiger partial charge in [0.1, 0.15) is 16.0 Å². The zero-order valence-electron chi connectivity index (χ0n) is 14.4. The summed E-state index contributed by atoms with van der Waals surface area (Å²) in [5.41, 5.74) is 1.03. The first-order valence-corrected chi connectivity index (χ1v) is 8.69. The number of hydrogen-bond donors (Lipinski definition) is 0. The summed E-state index contributed by atoms with van der Waals surface area (Å²) >= 11 is 1.27. The summed E-state index contributed by atoms with van der Waals surface area (Å²) in [6.45, 7) is 0.636. The van der Waals surface area contributed by atoms with Crippen LogP contribution >= 0.6 is 11.3 Å². The van der Waals surface area contributed by atoms with Gasteiger partial charge in [-0.2, -0.15) is 5.26 Å². The summed E-state index contributed by atoms with van der Waals surface area (Å²) in [6.07, 6.45) is 1.47. The second-order valence-electron chi connectivity index (χ2n) is 6.06. The van der Waals surface area contributed by atoms with Crippen LogP contribution in [0.15, 0.2) is 24.3 Å². The lowest BCUT2D eigenvalue weighted by molar-refractivity contribution is 0.0604. The van der Waals surface area contributed by atoms with Crippen molar-refractivity contribution in [3.05, 3.63) is 40.4 Å². The number of nitrogens with zero attached hydrogens (tertiary/aromatic N) is 3. The van der Waals surface area contributed by atoms with Crippen LogP contribution in [-0.4, -0.2) is 32.2 Å². The highest BCUT2D eigenvalue weighted by atomic mass is 32.1. The summed E-state index contributed by atoms with van der Waals surface area (Å²) in [6, 6.07) is 10.1. The molecule has 1 saturated carbocycles. The van der Waals surface area contributed by atoms with E-state index in [9.17, 15) is 10.1 Å². The molecule has 2 aromatic rings. The average Bonchev–Trinajstić information content (AvgIpc) is 3.31. The van der Waals surface area contributed by atoms with E-state index >= 15 is 0 Å². The molecule has 1 aromatic carbocycles. The van der Waals surface area contributed by atoms with Crippen LogP contribution in [0.4, 0.5) is 5.13 Å². The van der Waals surface area contributed by atoms with E-state index in [2.05, 4.69) is 11.1 Å². The number of aromatic nitrogens is 1. The molecule has 0 radical (unpaired) electrons. The molecule has 0 saturated heterocycles. The average molecular weight is 357 g/mol. The van der Waals surface area contributed by atoms with Crippen LogP contribution in [-0.2, 0) is 16.7 Å². The largest absolute Gasteiger partial charge is 0.497 e. The zero-order valence-corrected chi connectivity index (χ0v) is 15.2. The molecule has 0 bridgehead atoms. The molecule has 0 spiro atoms. The van der Waals surface area contributed by atoms with Gasteiger partial charge in [-0.15, -0.1) is 0 Å². The van der Waals surface area contributed by atoms with Gasteiger partial charge in [0.05, 0.1) is 26.0 Å². The highest BCUT2D eigenvalue weighted by Gasteiger charge is 2.50. The molecule has 1 heterocycles. The number of methoxy groups -OCH3 is 2. The lowest BCUT2D eigenvalue weighted by Gasteiger charge is -2.16. The van der Waals surface area contributed by atoms with Gasteiger partial charge in [-0.25, -0.2) is 9.78 Å². The molecule has 0 unspecified atom stereocenters. The van der Waals surface area contributed by atoms with Crippen LogP contribution in [0.5, 0.6) is 5.75 Å². The van der Waals surface area contributed by atoms with Crippen molar-refractivity contribution in [1.82, 2.24) is 4.98 Å². The van der Waals surface area contributed by atoms with Gasteiger partial charge in [-0.1, -0.05) is 23.5 Å². The van der Waals surface area contributed by atoms with Crippen LogP contribution in [0.1, 0.15) is 33.8 Å². The van der Waals surface area contributed by atoms with Crippen molar-refractivity contribution in [1.29, 1.82) is 5.26 Å². The first kappa shape index (κ1) is 17.2. The van der Waals surface area contributed by atoms with Crippen LogP contribution < -0.4 is 9.64 Å². The summed E-state index contributed by atoms with van der Waals surface area (Å²) in [5.74, 6) is 0.374. The molecule has 1 fully saturated rings. The lowest BCUT2D eigenvalue weighted by atomic mass is 10.0. The van der Waals surface area contributed by atoms with Crippen molar-refractivity contribution in [3.8, 4) is 11.8 Å². The Labute approximate surface area is 150 Å². The van der Waals surface area contributed by atoms with Gasteiger partial charge in [-0.05, 0) is 30.5 Å². The standard InChI is InChI=1S/C18H19N3O3S/c1-21(10-12-4-6-13(23-2)7-5-12)17-20-15(18(11-19)8-9-18)14(25-17)16(22)24-3/h4-7H,8-10H2,1-3H3. The molecule has 3 rings (SSSR count). The quantitative estimate of drug-likeness (QED) is 0.740. The Kier molecular flexibility index (Phi) is 4.64. The van der Waals surface area contributed by atoms with Crippen molar-refractivity contribution in [3.63, 3.8) is 0 Å². The Balaban J connectivity index is 1.86. The molecular weight excluding hydrogens is 338 g/mol. The minimum atomic E-state index is -0.626. The lowest BCUT2D eigenvalue weighted by Crippen LogP contribution is -2.16. The number of rotatable bonds is 6. The fourth-order valence-corrected chi connectivity index (χ4v) is 3.67. The van der Waals surface area contributed by atoms with E-state index in [4.69, 9.17) is 9.47 Å². The third-order valence-corrected chi connectivity index (χ3v) is 5.46. The normalized spacial score (nSPS) is 14.5. The number of hydrogen-bond acceptors (Lipinski definition) is 7. The number of nitriles is 1. The number of anilines is 1. The molecule has 1 aliphatic carbocycles. The van der Waals surface area contributed by atoms with Crippen LogP contribution in [0.2, 0.25) is 0 Å². The van der Waals surface area contributed by atoms with Gasteiger partial charge in [-0.3, -0.25) is 0 Å². The van der Waals surface area contributed by atoms with Gasteiger partial charge < -0.3 is 14.4 Å². The van der Waals surface area contributed by atoms with E-state index in [1.807, 2.05) is 36.2 Å². The SMILES string of the molecule is COC(=O)c1sc(N(C)Cc2ccc(OC)cc2)nc1C1(C#N)CC1. The number of carbonyl (C=O) groups is 1. The number of benzene rings is 1. The fourth-order valence-electron chi connectivity index (χ4n) is 2.63. The van der Waals surface area contributed by atoms with E-state index < -0.39 is 11.4 Å². The fraction of sp³-hybridized carbons (Fsp3) is 0.389. The minimum Gasteiger partial charge on any atom is -0.497 e. The van der Waals surface area contributed by atoms with Gasteiger partial charge in [0.2, 0.25) is 0 Å². The number of thiazole rings is 1. The Morgan fingerprint density at radius 1 is 1.36 bits per heavy atom. The second-order valence-corrected chi connectivity index (χ2v) is 7.04. The van der Waals surface area contributed by atoms with Gasteiger partial charge in [0.15, 0.2) is 5.13 Å². The summed E-state index contributed by atoms with van der Waals surface area (Å²) in [4.78, 5) is 19.1. The van der Waals surface area contributed by atoms with Gasteiger partial charge >= 0.3 is 5.97 Å². The number of ether oxygens (including phenoxy) is 2. The molecular formula is C18H19N3O3S. The molecule has 0 amide bonds. The summed E-state index contributed by atoms with van der Waals surface area (Å²) < 4.78 is 10.0. The molecule has 0 aliphatic heterocycles. The van der Waals surface area contributed by atoms with Crippen molar-refractivity contribution in [2.75, 3.05) is 26.2 Å². The highest BCUT2D eigenvalue weighted by molar-refractivity contribution is 7.17. The van der Waals surface area contributed by atoms with E-state index in [1.165, 1.54) is 18.4 Å². The Morgan fingerprint density at radius 3 is 2.56 bits per heavy atom. The monoisotopic (exact) mass is 357 g/mol. The molecule has 130 valence electrons. The smallest absolute Gasteiger partial charge is 0.350 e. The summed E-state index contributed by atoms with van der Waals surface area (Å²) in [7, 11) is 4.90. The predicted octanol–water partition coefficient (Wildman–Crippen LogP) is 3.13. The van der Waals surface area contributed by atoms with Crippen molar-refractivity contribution in [2.45, 2.75) is 24.8 Å². The van der Waals surface area contributed by atoms with Crippen molar-refractivity contribution >= 4 is 22.4 Å². The Hall–Kier alpha value is -2.59. The minimum absolute atomic E-state index is 0.429. The third-order valence-electron chi connectivity index (χ3n) is 4.31. The predicted molar refractivity (Wildman–Crippen MR) is 95.1 cm³/mol.